The van der Waals surface area contributed by atoms with Gasteiger partial charge in [0.2, 0.25) is 0 Å². The van der Waals surface area contributed by atoms with Crippen molar-refractivity contribution in [3.05, 3.63) is 34.0 Å². The van der Waals surface area contributed by atoms with Gasteiger partial charge in [0.1, 0.15) is 11.5 Å². The zero-order chi connectivity index (χ0) is 16.1. The lowest BCUT2D eigenvalue weighted by atomic mass is 9.93. The lowest BCUT2D eigenvalue weighted by molar-refractivity contribution is 0.396. The van der Waals surface area contributed by atoms with Gasteiger partial charge in [0.05, 0.1) is 5.56 Å². The lowest BCUT2D eigenvalue weighted by Crippen LogP contribution is -2.09. The molecule has 3 aromatic heterocycles. The molecule has 0 saturated carbocycles. The number of hydrogen-bond acceptors (Lipinski definition) is 5. The highest BCUT2D eigenvalue weighted by Gasteiger charge is 2.22. The first kappa shape index (κ1) is 14.9. The molecule has 0 saturated heterocycles. The summed E-state index contributed by atoms with van der Waals surface area (Å²) >= 11 is 1.45. The largest absolute Gasteiger partial charge is 0.465 e. The standard InChI is InChI=1S/C15H18N4O2S/c1-8-9(6-10(21-8)15(2,3)4)13-16-11-7-12(20)18-19(11)14(17-13)22-5/h6-7H,1-5H3,(H,18,20). The number of thioether (sulfide) groups is 1. The van der Waals surface area contributed by atoms with Crippen LogP contribution >= 0.6 is 11.8 Å². The van der Waals surface area contributed by atoms with Crippen LogP contribution in [0.2, 0.25) is 0 Å². The number of rotatable bonds is 2. The van der Waals surface area contributed by atoms with Gasteiger partial charge in [-0.3, -0.25) is 9.89 Å². The normalized spacial score (nSPS) is 12.2. The molecule has 3 heterocycles. The van der Waals surface area contributed by atoms with Crippen LogP contribution < -0.4 is 5.56 Å². The molecule has 22 heavy (non-hydrogen) atoms. The van der Waals surface area contributed by atoms with Crippen LogP contribution in [-0.2, 0) is 5.41 Å². The van der Waals surface area contributed by atoms with Crippen molar-refractivity contribution in [1.82, 2.24) is 19.6 Å². The molecule has 0 radical (unpaired) electrons. The Morgan fingerprint density at radius 3 is 2.59 bits per heavy atom. The summed E-state index contributed by atoms with van der Waals surface area (Å²) in [5.41, 5.74) is 1.13. The molecule has 0 bridgehead atoms. The lowest BCUT2D eigenvalue weighted by Gasteiger charge is -2.13. The number of aryl methyl sites for hydroxylation is 1. The van der Waals surface area contributed by atoms with E-state index < -0.39 is 0 Å². The van der Waals surface area contributed by atoms with E-state index in [1.165, 1.54) is 17.8 Å². The number of nitrogens with zero attached hydrogens (tertiary/aromatic N) is 3. The van der Waals surface area contributed by atoms with Gasteiger partial charge in [-0.1, -0.05) is 32.5 Å². The summed E-state index contributed by atoms with van der Waals surface area (Å²) in [6.45, 7) is 8.19. The monoisotopic (exact) mass is 318 g/mol. The van der Waals surface area contributed by atoms with Gasteiger partial charge in [-0.2, -0.15) is 0 Å². The van der Waals surface area contributed by atoms with Crippen molar-refractivity contribution in [2.75, 3.05) is 6.26 Å². The van der Waals surface area contributed by atoms with Gasteiger partial charge < -0.3 is 4.42 Å². The summed E-state index contributed by atoms with van der Waals surface area (Å²) < 4.78 is 7.45. The van der Waals surface area contributed by atoms with Crippen LogP contribution in [-0.4, -0.2) is 25.8 Å². The summed E-state index contributed by atoms with van der Waals surface area (Å²) in [5.74, 6) is 2.24. The summed E-state index contributed by atoms with van der Waals surface area (Å²) in [6.07, 6.45) is 1.91. The van der Waals surface area contributed by atoms with E-state index in [1.807, 2.05) is 19.2 Å². The highest BCUT2D eigenvalue weighted by Crippen LogP contribution is 2.32. The smallest absolute Gasteiger partial charge is 0.266 e. The van der Waals surface area contributed by atoms with Crippen LogP contribution in [0, 0.1) is 6.92 Å². The van der Waals surface area contributed by atoms with Gasteiger partial charge in [-0.15, -0.1) is 0 Å². The summed E-state index contributed by atoms with van der Waals surface area (Å²) in [7, 11) is 0. The zero-order valence-electron chi connectivity index (χ0n) is 13.2. The number of aromatic nitrogens is 4. The van der Waals surface area contributed by atoms with E-state index >= 15 is 0 Å². The molecule has 0 atom stereocenters. The SMILES string of the molecule is CSc1nc(-c2cc(C(C)(C)C)oc2C)nc2cc(=O)[nH]n12. The van der Waals surface area contributed by atoms with E-state index in [9.17, 15) is 4.79 Å². The maximum atomic E-state index is 11.5. The third-order valence-electron chi connectivity index (χ3n) is 3.41. The van der Waals surface area contributed by atoms with E-state index in [2.05, 4.69) is 35.8 Å². The van der Waals surface area contributed by atoms with Crippen LogP contribution in [0.5, 0.6) is 0 Å². The molecule has 0 aliphatic rings. The molecule has 0 unspecified atom stereocenters. The second-order valence-electron chi connectivity index (χ2n) is 6.18. The van der Waals surface area contributed by atoms with Gasteiger partial charge in [0.25, 0.3) is 5.56 Å². The first-order chi connectivity index (χ1) is 10.3. The minimum atomic E-state index is -0.193. The van der Waals surface area contributed by atoms with Crippen molar-refractivity contribution in [3.63, 3.8) is 0 Å². The van der Waals surface area contributed by atoms with Crippen LogP contribution in [0.3, 0.4) is 0 Å². The van der Waals surface area contributed by atoms with Crippen molar-refractivity contribution in [2.24, 2.45) is 0 Å². The van der Waals surface area contributed by atoms with Crippen molar-refractivity contribution < 1.29 is 4.42 Å². The van der Waals surface area contributed by atoms with E-state index in [0.717, 1.165) is 17.1 Å². The van der Waals surface area contributed by atoms with Crippen molar-refractivity contribution in [3.8, 4) is 11.4 Å². The van der Waals surface area contributed by atoms with Crippen LogP contribution in [0.25, 0.3) is 17.0 Å². The van der Waals surface area contributed by atoms with Crippen molar-refractivity contribution >= 4 is 17.4 Å². The quantitative estimate of drug-likeness (QED) is 0.735. The highest BCUT2D eigenvalue weighted by atomic mass is 32.2. The molecule has 0 spiro atoms. The van der Waals surface area contributed by atoms with Gasteiger partial charge in [-0.05, 0) is 19.2 Å². The molecule has 1 N–H and O–H groups in total. The second kappa shape index (κ2) is 5.01. The number of fused-ring (bicyclic) bond motifs is 1. The molecule has 7 heteroatoms. The minimum Gasteiger partial charge on any atom is -0.465 e. The number of hydrogen-bond donors (Lipinski definition) is 1. The molecule has 6 nitrogen and oxygen atoms in total. The van der Waals surface area contributed by atoms with E-state index in [-0.39, 0.29) is 11.0 Å². The molecular formula is C15H18N4O2S. The number of furan rings is 1. The molecule has 116 valence electrons. The molecular weight excluding hydrogens is 300 g/mol. The Labute approximate surface area is 132 Å². The molecule has 0 aliphatic heterocycles. The van der Waals surface area contributed by atoms with Gasteiger partial charge in [0, 0.05) is 11.5 Å². The number of nitrogens with one attached hydrogen (secondary N) is 1. The van der Waals surface area contributed by atoms with Gasteiger partial charge in [0.15, 0.2) is 16.6 Å². The average molecular weight is 318 g/mol. The summed E-state index contributed by atoms with van der Waals surface area (Å²) in [6, 6.07) is 3.45. The van der Waals surface area contributed by atoms with E-state index in [4.69, 9.17) is 4.42 Å². The van der Waals surface area contributed by atoms with Crippen molar-refractivity contribution in [1.29, 1.82) is 0 Å². The third-order valence-corrected chi connectivity index (χ3v) is 4.04. The Morgan fingerprint density at radius 2 is 2.00 bits per heavy atom. The van der Waals surface area contributed by atoms with Crippen LogP contribution in [0.15, 0.2) is 26.5 Å². The Morgan fingerprint density at radius 1 is 1.27 bits per heavy atom. The molecule has 0 aromatic carbocycles. The first-order valence-electron chi connectivity index (χ1n) is 6.94. The maximum Gasteiger partial charge on any atom is 0.266 e. The van der Waals surface area contributed by atoms with Gasteiger partial charge in [-0.25, -0.2) is 14.5 Å². The van der Waals surface area contributed by atoms with E-state index in [0.29, 0.717) is 16.6 Å². The Balaban J connectivity index is 2.22. The first-order valence-corrected chi connectivity index (χ1v) is 8.17. The molecule has 3 rings (SSSR count). The molecule has 0 aliphatic carbocycles. The fourth-order valence-electron chi connectivity index (χ4n) is 2.21. The summed E-state index contributed by atoms with van der Waals surface area (Å²) in [4.78, 5) is 20.6. The maximum absolute atomic E-state index is 11.5. The predicted molar refractivity (Wildman–Crippen MR) is 86.5 cm³/mol. The van der Waals surface area contributed by atoms with Gasteiger partial charge >= 0.3 is 0 Å². The fraction of sp³-hybridized carbons (Fsp3) is 0.400. The summed E-state index contributed by atoms with van der Waals surface area (Å²) in [5, 5.41) is 3.37. The second-order valence-corrected chi connectivity index (χ2v) is 6.95. The Hall–Kier alpha value is -2.02. The Bertz CT molecular complexity index is 899. The van der Waals surface area contributed by atoms with Crippen molar-refractivity contribution in [2.45, 2.75) is 38.3 Å². The predicted octanol–water partition coefficient (Wildman–Crippen LogP) is 3.01. The topological polar surface area (TPSA) is 76.2 Å². The van der Waals surface area contributed by atoms with Crippen LogP contribution in [0.1, 0.15) is 32.3 Å². The van der Waals surface area contributed by atoms with Crippen LogP contribution in [0.4, 0.5) is 0 Å². The number of H-pyrrole nitrogens is 1. The van der Waals surface area contributed by atoms with E-state index in [1.54, 1.807) is 4.52 Å². The highest BCUT2D eigenvalue weighted by molar-refractivity contribution is 7.98. The molecule has 0 amide bonds. The zero-order valence-corrected chi connectivity index (χ0v) is 14.0. The average Bonchev–Trinajstić information content (AvgIpc) is 2.98. The fourth-order valence-corrected chi connectivity index (χ4v) is 2.71. The Kier molecular flexibility index (Phi) is 3.40. The minimum absolute atomic E-state index is 0.0829. The number of aromatic amines is 1. The molecule has 3 aromatic rings. The third kappa shape index (κ3) is 2.45. The molecule has 0 fully saturated rings.